The molecule has 0 bridgehead atoms. The highest BCUT2D eigenvalue weighted by Gasteiger charge is 2.06. The lowest BCUT2D eigenvalue weighted by Crippen LogP contribution is -2.30. The first kappa shape index (κ1) is 15.7. The molecule has 1 amide bonds. The van der Waals surface area contributed by atoms with Crippen LogP contribution in [-0.2, 0) is 4.79 Å². The molecule has 1 N–H and O–H groups in total. The summed E-state index contributed by atoms with van der Waals surface area (Å²) in [6.07, 6.45) is 4.95. The highest BCUT2D eigenvalue weighted by Crippen LogP contribution is 2.08. The molecule has 0 fully saturated rings. The Kier molecular flexibility index (Phi) is 7.19. The molecule has 0 heterocycles. The van der Waals surface area contributed by atoms with Crippen molar-refractivity contribution in [3.63, 3.8) is 0 Å². The van der Waals surface area contributed by atoms with E-state index in [0.29, 0.717) is 6.54 Å². The molecule has 0 saturated heterocycles. The molecule has 0 spiro atoms. The highest BCUT2D eigenvalue weighted by atomic mass is 16.2. The largest absolute Gasteiger partial charge is 0.325 e. The van der Waals surface area contributed by atoms with Crippen LogP contribution in [0.25, 0.3) is 0 Å². The first-order valence-corrected chi connectivity index (χ1v) is 7.17. The molecule has 1 rings (SSSR count). The Bertz CT molecular complexity index is 373. The van der Waals surface area contributed by atoms with E-state index in [4.69, 9.17) is 0 Å². The van der Waals surface area contributed by atoms with E-state index in [2.05, 4.69) is 17.1 Å². The number of carbonyl (C=O) groups is 1. The van der Waals surface area contributed by atoms with Gasteiger partial charge in [-0.3, -0.25) is 9.69 Å². The van der Waals surface area contributed by atoms with Gasteiger partial charge in [-0.25, -0.2) is 0 Å². The average Bonchev–Trinajstić information content (AvgIpc) is 2.37. The van der Waals surface area contributed by atoms with E-state index in [1.165, 1.54) is 31.2 Å². The summed E-state index contributed by atoms with van der Waals surface area (Å²) in [5.41, 5.74) is 2.07. The fourth-order valence-electron chi connectivity index (χ4n) is 1.97. The molecule has 0 aliphatic heterocycles. The van der Waals surface area contributed by atoms with Gasteiger partial charge in [0.1, 0.15) is 0 Å². The molecular formula is C16H26N2O. The van der Waals surface area contributed by atoms with Gasteiger partial charge in [-0.1, -0.05) is 43.9 Å². The average molecular weight is 262 g/mol. The molecule has 0 atom stereocenters. The van der Waals surface area contributed by atoms with Crippen molar-refractivity contribution in [2.75, 3.05) is 25.5 Å². The molecule has 3 nitrogen and oxygen atoms in total. The second-order valence-corrected chi connectivity index (χ2v) is 5.21. The Morgan fingerprint density at radius 3 is 2.47 bits per heavy atom. The van der Waals surface area contributed by atoms with Gasteiger partial charge in [0.05, 0.1) is 6.54 Å². The summed E-state index contributed by atoms with van der Waals surface area (Å²) >= 11 is 0. The number of rotatable bonds is 8. The van der Waals surface area contributed by atoms with Crippen LogP contribution in [0, 0.1) is 6.92 Å². The normalized spacial score (nSPS) is 10.7. The SMILES string of the molecule is CCCCCCN(C)CC(=O)Nc1ccc(C)cc1. The van der Waals surface area contributed by atoms with E-state index in [1.54, 1.807) is 0 Å². The monoisotopic (exact) mass is 262 g/mol. The van der Waals surface area contributed by atoms with Crippen LogP contribution in [0.1, 0.15) is 38.2 Å². The molecule has 0 aliphatic rings. The minimum Gasteiger partial charge on any atom is -0.325 e. The third kappa shape index (κ3) is 6.97. The van der Waals surface area contributed by atoms with E-state index in [-0.39, 0.29) is 5.91 Å². The van der Waals surface area contributed by atoms with Gasteiger partial charge in [0.15, 0.2) is 0 Å². The lowest BCUT2D eigenvalue weighted by atomic mass is 10.2. The Balaban J connectivity index is 2.24. The van der Waals surface area contributed by atoms with Gasteiger partial charge in [-0.15, -0.1) is 0 Å². The molecule has 1 aromatic rings. The topological polar surface area (TPSA) is 32.3 Å². The maximum absolute atomic E-state index is 11.8. The summed E-state index contributed by atoms with van der Waals surface area (Å²) in [6, 6.07) is 7.89. The fraction of sp³-hybridized carbons (Fsp3) is 0.562. The highest BCUT2D eigenvalue weighted by molar-refractivity contribution is 5.92. The van der Waals surface area contributed by atoms with Gasteiger partial charge in [0.25, 0.3) is 0 Å². The van der Waals surface area contributed by atoms with E-state index < -0.39 is 0 Å². The first-order valence-electron chi connectivity index (χ1n) is 7.17. The van der Waals surface area contributed by atoms with Gasteiger partial charge in [-0.05, 0) is 39.1 Å². The van der Waals surface area contributed by atoms with Crippen molar-refractivity contribution < 1.29 is 4.79 Å². The molecule has 0 radical (unpaired) electrons. The molecule has 0 aromatic heterocycles. The summed E-state index contributed by atoms with van der Waals surface area (Å²) < 4.78 is 0. The van der Waals surface area contributed by atoms with Crippen LogP contribution in [-0.4, -0.2) is 30.9 Å². The Morgan fingerprint density at radius 2 is 1.84 bits per heavy atom. The number of hydrogen-bond donors (Lipinski definition) is 1. The predicted molar refractivity (Wildman–Crippen MR) is 81.4 cm³/mol. The van der Waals surface area contributed by atoms with Crippen molar-refractivity contribution in [1.82, 2.24) is 4.90 Å². The van der Waals surface area contributed by atoms with Crippen LogP contribution in [0.3, 0.4) is 0 Å². The van der Waals surface area contributed by atoms with Crippen LogP contribution in [0.15, 0.2) is 24.3 Å². The quantitative estimate of drug-likeness (QED) is 0.728. The van der Waals surface area contributed by atoms with Crippen molar-refractivity contribution in [2.24, 2.45) is 0 Å². The molecule has 0 unspecified atom stereocenters. The lowest BCUT2D eigenvalue weighted by Gasteiger charge is -2.16. The minimum absolute atomic E-state index is 0.0573. The zero-order chi connectivity index (χ0) is 14.1. The van der Waals surface area contributed by atoms with Crippen molar-refractivity contribution >= 4 is 11.6 Å². The Labute approximate surface area is 117 Å². The van der Waals surface area contributed by atoms with Crippen LogP contribution < -0.4 is 5.32 Å². The number of hydrogen-bond acceptors (Lipinski definition) is 2. The fourth-order valence-corrected chi connectivity index (χ4v) is 1.97. The second-order valence-electron chi connectivity index (χ2n) is 5.21. The summed E-state index contributed by atoms with van der Waals surface area (Å²) in [6.45, 7) is 5.69. The number of anilines is 1. The van der Waals surface area contributed by atoms with Crippen molar-refractivity contribution in [3.8, 4) is 0 Å². The molecule has 19 heavy (non-hydrogen) atoms. The smallest absolute Gasteiger partial charge is 0.238 e. The van der Waals surface area contributed by atoms with Crippen LogP contribution in [0.4, 0.5) is 5.69 Å². The minimum atomic E-state index is 0.0573. The maximum atomic E-state index is 11.8. The van der Waals surface area contributed by atoms with Crippen molar-refractivity contribution in [3.05, 3.63) is 29.8 Å². The number of unbranched alkanes of at least 4 members (excludes halogenated alkanes) is 3. The zero-order valence-electron chi connectivity index (χ0n) is 12.4. The van der Waals surface area contributed by atoms with Crippen molar-refractivity contribution in [1.29, 1.82) is 0 Å². The second kappa shape index (κ2) is 8.70. The summed E-state index contributed by atoms with van der Waals surface area (Å²) in [4.78, 5) is 13.9. The number of likely N-dealkylation sites (N-methyl/N-ethyl adjacent to an activating group) is 1. The van der Waals surface area contributed by atoms with E-state index >= 15 is 0 Å². The predicted octanol–water partition coefficient (Wildman–Crippen LogP) is 3.45. The van der Waals surface area contributed by atoms with E-state index in [9.17, 15) is 4.79 Å². The third-order valence-electron chi connectivity index (χ3n) is 3.14. The zero-order valence-corrected chi connectivity index (χ0v) is 12.4. The van der Waals surface area contributed by atoms with E-state index in [0.717, 1.165) is 12.2 Å². The summed E-state index contributed by atoms with van der Waals surface area (Å²) in [5, 5.41) is 2.92. The van der Waals surface area contributed by atoms with Crippen molar-refractivity contribution in [2.45, 2.75) is 39.5 Å². The maximum Gasteiger partial charge on any atom is 0.238 e. The number of aryl methyl sites for hydroxylation is 1. The summed E-state index contributed by atoms with van der Waals surface area (Å²) in [7, 11) is 2.00. The van der Waals surface area contributed by atoms with Gasteiger partial charge in [0.2, 0.25) is 5.91 Å². The molecule has 3 heteroatoms. The number of nitrogens with zero attached hydrogens (tertiary/aromatic N) is 1. The lowest BCUT2D eigenvalue weighted by molar-refractivity contribution is -0.117. The Morgan fingerprint density at radius 1 is 1.16 bits per heavy atom. The number of benzene rings is 1. The van der Waals surface area contributed by atoms with Crippen LogP contribution in [0.5, 0.6) is 0 Å². The third-order valence-corrected chi connectivity index (χ3v) is 3.14. The van der Waals surface area contributed by atoms with Gasteiger partial charge >= 0.3 is 0 Å². The Hall–Kier alpha value is -1.35. The number of amides is 1. The van der Waals surface area contributed by atoms with Crippen LogP contribution in [0.2, 0.25) is 0 Å². The molecule has 0 saturated carbocycles. The van der Waals surface area contributed by atoms with Crippen LogP contribution >= 0.6 is 0 Å². The van der Waals surface area contributed by atoms with Gasteiger partial charge in [0, 0.05) is 5.69 Å². The van der Waals surface area contributed by atoms with Gasteiger partial charge in [-0.2, -0.15) is 0 Å². The standard InChI is InChI=1S/C16H26N2O/c1-4-5-6-7-12-18(3)13-16(19)17-15-10-8-14(2)9-11-15/h8-11H,4-7,12-13H2,1-3H3,(H,17,19). The number of carbonyl (C=O) groups excluding carboxylic acids is 1. The molecule has 1 aromatic carbocycles. The summed E-state index contributed by atoms with van der Waals surface area (Å²) in [5.74, 6) is 0.0573. The van der Waals surface area contributed by atoms with E-state index in [1.807, 2.05) is 38.2 Å². The molecular weight excluding hydrogens is 236 g/mol. The molecule has 0 aliphatic carbocycles. The number of nitrogens with one attached hydrogen (secondary N) is 1. The first-order chi connectivity index (χ1) is 9.11. The molecule has 106 valence electrons. The van der Waals surface area contributed by atoms with Gasteiger partial charge < -0.3 is 5.32 Å².